The molecule has 3 amide bonds. The van der Waals surface area contributed by atoms with Crippen LogP contribution in [0.3, 0.4) is 0 Å². The number of nitrogens with zero attached hydrogens (tertiary/aromatic N) is 1. The van der Waals surface area contributed by atoms with Gasteiger partial charge in [0.25, 0.3) is 0 Å². The molecule has 0 aliphatic carbocycles. The van der Waals surface area contributed by atoms with Crippen molar-refractivity contribution in [2.75, 3.05) is 23.3 Å². The first-order valence-electron chi connectivity index (χ1n) is 10.7. The Bertz CT molecular complexity index is 1210. The van der Waals surface area contributed by atoms with Crippen molar-refractivity contribution < 1.29 is 14.4 Å². The Labute approximate surface area is 179 Å². The van der Waals surface area contributed by atoms with E-state index in [1.807, 2.05) is 54.4 Å². The molecule has 158 valence electrons. The molecule has 2 aromatic carbocycles. The molecular formula is C24H24N4O3. The van der Waals surface area contributed by atoms with Crippen molar-refractivity contribution in [3.8, 4) is 0 Å². The van der Waals surface area contributed by atoms with Crippen LogP contribution >= 0.6 is 0 Å². The lowest BCUT2D eigenvalue weighted by atomic mass is 9.96. The molecule has 0 saturated carbocycles. The van der Waals surface area contributed by atoms with E-state index in [1.54, 1.807) is 0 Å². The average Bonchev–Trinajstić information content (AvgIpc) is 3.30. The summed E-state index contributed by atoms with van der Waals surface area (Å²) in [6, 6.07) is 11.7. The molecule has 7 nitrogen and oxygen atoms in total. The average molecular weight is 416 g/mol. The number of fused-ring (bicyclic) bond motifs is 1. The van der Waals surface area contributed by atoms with E-state index in [9.17, 15) is 14.4 Å². The number of carbonyl (C=O) groups is 3. The molecule has 1 aromatic heterocycles. The first-order chi connectivity index (χ1) is 15.0. The molecule has 1 atom stereocenters. The maximum Gasteiger partial charge on any atom is 0.313 e. The van der Waals surface area contributed by atoms with Crippen LogP contribution in [0, 0.1) is 0 Å². The van der Waals surface area contributed by atoms with Gasteiger partial charge >= 0.3 is 11.8 Å². The number of anilines is 2. The number of hydrogen-bond donors (Lipinski definition) is 3. The number of aromatic amines is 1. The zero-order chi connectivity index (χ0) is 21.5. The molecule has 2 aliphatic heterocycles. The Morgan fingerprint density at radius 2 is 2.03 bits per heavy atom. The first-order valence-corrected chi connectivity index (χ1v) is 10.7. The Hall–Kier alpha value is -3.61. The number of amides is 3. The van der Waals surface area contributed by atoms with Crippen molar-refractivity contribution in [2.45, 2.75) is 32.1 Å². The molecule has 0 saturated heterocycles. The lowest BCUT2D eigenvalue weighted by molar-refractivity contribution is -0.136. The second kappa shape index (κ2) is 7.58. The monoisotopic (exact) mass is 416 g/mol. The fourth-order valence-corrected chi connectivity index (χ4v) is 4.68. The molecule has 0 bridgehead atoms. The molecule has 3 heterocycles. The van der Waals surface area contributed by atoms with E-state index in [1.165, 1.54) is 0 Å². The number of nitrogens with one attached hydrogen (secondary N) is 3. The maximum atomic E-state index is 12.5. The Morgan fingerprint density at radius 3 is 2.90 bits per heavy atom. The topological polar surface area (TPSA) is 94.3 Å². The molecule has 0 spiro atoms. The maximum absolute atomic E-state index is 12.5. The van der Waals surface area contributed by atoms with Crippen LogP contribution in [0.4, 0.5) is 11.4 Å². The van der Waals surface area contributed by atoms with Gasteiger partial charge < -0.3 is 20.5 Å². The van der Waals surface area contributed by atoms with Crippen molar-refractivity contribution in [1.29, 1.82) is 0 Å². The number of hydrogen-bond acceptors (Lipinski definition) is 3. The Balaban J connectivity index is 1.23. The van der Waals surface area contributed by atoms with Crippen LogP contribution in [-0.4, -0.2) is 35.8 Å². The first kappa shape index (κ1) is 19.4. The summed E-state index contributed by atoms with van der Waals surface area (Å²) in [7, 11) is 0. The van der Waals surface area contributed by atoms with E-state index in [4.69, 9.17) is 0 Å². The lowest BCUT2D eigenvalue weighted by Crippen LogP contribution is -2.36. The van der Waals surface area contributed by atoms with Crippen molar-refractivity contribution >= 4 is 40.0 Å². The third kappa shape index (κ3) is 3.36. The number of aromatic nitrogens is 1. The highest BCUT2D eigenvalue weighted by atomic mass is 16.2. The molecule has 3 aromatic rings. The molecule has 31 heavy (non-hydrogen) atoms. The zero-order valence-electron chi connectivity index (χ0n) is 17.3. The lowest BCUT2D eigenvalue weighted by Gasteiger charge is -2.26. The molecule has 7 heteroatoms. The van der Waals surface area contributed by atoms with Crippen LogP contribution in [0.2, 0.25) is 0 Å². The van der Waals surface area contributed by atoms with E-state index in [0.717, 1.165) is 52.7 Å². The third-order valence-electron chi connectivity index (χ3n) is 6.24. The van der Waals surface area contributed by atoms with Crippen LogP contribution in [0.25, 0.3) is 10.9 Å². The number of H-pyrrole nitrogens is 1. The van der Waals surface area contributed by atoms with Crippen LogP contribution in [0.1, 0.15) is 36.0 Å². The van der Waals surface area contributed by atoms with Crippen molar-refractivity contribution in [3.63, 3.8) is 0 Å². The van der Waals surface area contributed by atoms with E-state index < -0.39 is 11.8 Å². The summed E-state index contributed by atoms with van der Waals surface area (Å²) in [5, 5.41) is 6.52. The van der Waals surface area contributed by atoms with Gasteiger partial charge in [-0.15, -0.1) is 0 Å². The fourth-order valence-electron chi connectivity index (χ4n) is 4.68. The van der Waals surface area contributed by atoms with Crippen LogP contribution in [0.15, 0.2) is 42.6 Å². The van der Waals surface area contributed by atoms with Crippen LogP contribution in [-0.2, 0) is 27.2 Å². The van der Waals surface area contributed by atoms with Gasteiger partial charge in [-0.3, -0.25) is 14.4 Å². The Morgan fingerprint density at radius 1 is 1.19 bits per heavy atom. The van der Waals surface area contributed by atoms with E-state index in [-0.39, 0.29) is 11.8 Å². The van der Waals surface area contributed by atoms with Crippen molar-refractivity contribution in [2.24, 2.45) is 0 Å². The molecule has 5 rings (SSSR count). The molecule has 0 fully saturated rings. The molecular weight excluding hydrogens is 392 g/mol. The molecule has 0 unspecified atom stereocenters. The highest BCUT2D eigenvalue weighted by molar-refractivity contribution is 6.39. The largest absolute Gasteiger partial charge is 0.361 e. The summed E-state index contributed by atoms with van der Waals surface area (Å²) < 4.78 is 0. The van der Waals surface area contributed by atoms with Gasteiger partial charge in [0.2, 0.25) is 5.91 Å². The third-order valence-corrected chi connectivity index (χ3v) is 6.24. The standard InChI is InChI=1S/C24H24N4O3/c1-14-19-12-17(11-15-5-4-10-28(21(15)19)24(14)31)27-23(30)22(29)25-9-8-16-13-26-20-7-3-2-6-18(16)20/h2-3,6-7,11-14,26H,4-5,8-10H2,1H3,(H,25,29)(H,27,30)/t14-/m0/s1. The van der Waals surface area contributed by atoms with E-state index >= 15 is 0 Å². The van der Waals surface area contributed by atoms with Gasteiger partial charge in [-0.25, -0.2) is 0 Å². The summed E-state index contributed by atoms with van der Waals surface area (Å²) in [5.74, 6) is -1.49. The minimum absolute atomic E-state index is 0.106. The summed E-state index contributed by atoms with van der Waals surface area (Å²) >= 11 is 0. The summed E-state index contributed by atoms with van der Waals surface area (Å²) in [6.45, 7) is 3.00. The number of aryl methyl sites for hydroxylation is 1. The molecule has 0 radical (unpaired) electrons. The van der Waals surface area contributed by atoms with Gasteiger partial charge in [0, 0.05) is 35.9 Å². The Kier molecular flexibility index (Phi) is 4.73. The minimum atomic E-state index is -0.698. The molecule has 3 N–H and O–H groups in total. The van der Waals surface area contributed by atoms with Gasteiger partial charge in [0.1, 0.15) is 0 Å². The minimum Gasteiger partial charge on any atom is -0.361 e. The summed E-state index contributed by atoms with van der Waals surface area (Å²) in [4.78, 5) is 42.3. The normalized spacial score (nSPS) is 17.0. The summed E-state index contributed by atoms with van der Waals surface area (Å²) in [6.07, 6.45) is 4.32. The summed E-state index contributed by atoms with van der Waals surface area (Å²) in [5.41, 5.74) is 5.68. The van der Waals surface area contributed by atoms with Gasteiger partial charge in [-0.2, -0.15) is 0 Å². The molecule has 2 aliphatic rings. The van der Waals surface area contributed by atoms with Gasteiger partial charge in [0.15, 0.2) is 0 Å². The number of para-hydroxylation sites is 1. The van der Waals surface area contributed by atoms with Crippen LogP contribution in [0.5, 0.6) is 0 Å². The smallest absolute Gasteiger partial charge is 0.313 e. The second-order valence-electron chi connectivity index (χ2n) is 8.21. The van der Waals surface area contributed by atoms with Gasteiger partial charge in [0.05, 0.1) is 11.6 Å². The predicted octanol–water partition coefficient (Wildman–Crippen LogP) is 2.86. The number of rotatable bonds is 4. The predicted molar refractivity (Wildman–Crippen MR) is 119 cm³/mol. The zero-order valence-corrected chi connectivity index (χ0v) is 17.3. The van der Waals surface area contributed by atoms with E-state index in [2.05, 4.69) is 15.6 Å². The van der Waals surface area contributed by atoms with Crippen molar-refractivity contribution in [3.05, 3.63) is 59.3 Å². The highest BCUT2D eigenvalue weighted by Gasteiger charge is 2.38. The van der Waals surface area contributed by atoms with E-state index in [0.29, 0.717) is 18.7 Å². The SMILES string of the molecule is C[C@@H]1C(=O)N2CCCc3cc(NC(=O)C(=O)NCCc4c[nH]c5ccccc45)cc1c32. The van der Waals surface area contributed by atoms with Crippen LogP contribution < -0.4 is 15.5 Å². The second-order valence-corrected chi connectivity index (χ2v) is 8.21. The highest BCUT2D eigenvalue weighted by Crippen LogP contribution is 2.44. The van der Waals surface area contributed by atoms with Crippen molar-refractivity contribution in [1.82, 2.24) is 10.3 Å². The quantitative estimate of drug-likeness (QED) is 0.571. The fraction of sp³-hybridized carbons (Fsp3) is 0.292. The van der Waals surface area contributed by atoms with Gasteiger partial charge in [-0.05, 0) is 61.1 Å². The van der Waals surface area contributed by atoms with Gasteiger partial charge in [-0.1, -0.05) is 18.2 Å². The number of benzene rings is 2. The number of carbonyl (C=O) groups excluding carboxylic acids is 3.